The lowest BCUT2D eigenvalue weighted by atomic mass is 10.3. The lowest BCUT2D eigenvalue weighted by Gasteiger charge is -2.06. The van der Waals surface area contributed by atoms with Gasteiger partial charge in [0, 0.05) is 0 Å². The van der Waals surface area contributed by atoms with Gasteiger partial charge in [0.25, 0.3) is 0 Å². The molecule has 2 nitrogen and oxygen atoms in total. The molecule has 0 aromatic heterocycles. The molecule has 46 valence electrons. The van der Waals surface area contributed by atoms with Crippen LogP contribution in [0.4, 0.5) is 0 Å². The SMILES string of the molecule is O=NC1(Cl)CCCC1. The fourth-order valence-electron chi connectivity index (χ4n) is 1.01. The summed E-state index contributed by atoms with van der Waals surface area (Å²) in [6, 6.07) is 0. The second-order valence-corrected chi connectivity index (χ2v) is 2.92. The van der Waals surface area contributed by atoms with Crippen LogP contribution >= 0.6 is 11.6 Å². The number of nitrogens with zero attached hydrogens (tertiary/aromatic N) is 1. The zero-order valence-electron chi connectivity index (χ0n) is 4.56. The summed E-state index contributed by atoms with van der Waals surface area (Å²) in [5, 5.41) is 2.83. The second-order valence-electron chi connectivity index (χ2n) is 2.22. The summed E-state index contributed by atoms with van der Waals surface area (Å²) >= 11 is 5.68. The summed E-state index contributed by atoms with van der Waals surface area (Å²) in [6.07, 6.45) is 3.63. The average Bonchev–Trinajstić information content (AvgIpc) is 2.17. The van der Waals surface area contributed by atoms with Crippen LogP contribution in [-0.4, -0.2) is 5.00 Å². The minimum Gasteiger partial charge on any atom is -0.149 e. The van der Waals surface area contributed by atoms with Crippen LogP contribution in [0.5, 0.6) is 0 Å². The highest BCUT2D eigenvalue weighted by molar-refractivity contribution is 6.23. The topological polar surface area (TPSA) is 29.4 Å². The molecule has 0 amide bonds. The first kappa shape index (κ1) is 6.02. The molecule has 1 saturated carbocycles. The maximum absolute atomic E-state index is 9.95. The van der Waals surface area contributed by atoms with Crippen molar-refractivity contribution in [3.63, 3.8) is 0 Å². The molecule has 1 fully saturated rings. The van der Waals surface area contributed by atoms with Gasteiger partial charge >= 0.3 is 0 Å². The van der Waals surface area contributed by atoms with Gasteiger partial charge in [0.2, 0.25) is 0 Å². The highest BCUT2D eigenvalue weighted by atomic mass is 35.5. The first-order chi connectivity index (χ1) is 3.77. The smallest absolute Gasteiger partial charge is 0.149 e. The van der Waals surface area contributed by atoms with Gasteiger partial charge in [-0.15, -0.1) is 4.91 Å². The molecule has 1 aliphatic carbocycles. The third-order valence-corrected chi connectivity index (χ3v) is 1.98. The van der Waals surface area contributed by atoms with E-state index in [1.165, 1.54) is 0 Å². The molecule has 1 rings (SSSR count). The van der Waals surface area contributed by atoms with Crippen LogP contribution in [0.1, 0.15) is 25.7 Å². The Labute approximate surface area is 53.2 Å². The number of alkyl halides is 1. The Morgan fingerprint density at radius 1 is 1.38 bits per heavy atom. The highest BCUT2D eigenvalue weighted by Gasteiger charge is 2.32. The van der Waals surface area contributed by atoms with E-state index in [0.29, 0.717) is 0 Å². The molecule has 0 atom stereocenters. The molecule has 0 aromatic rings. The van der Waals surface area contributed by atoms with Crippen LogP contribution in [0, 0.1) is 4.91 Å². The van der Waals surface area contributed by atoms with Crippen LogP contribution < -0.4 is 0 Å². The zero-order chi connectivity index (χ0) is 6.04. The molecule has 0 unspecified atom stereocenters. The maximum Gasteiger partial charge on any atom is 0.175 e. The third kappa shape index (κ3) is 0.996. The van der Waals surface area contributed by atoms with Gasteiger partial charge in [-0.3, -0.25) is 0 Å². The molecule has 0 spiro atoms. The summed E-state index contributed by atoms with van der Waals surface area (Å²) < 4.78 is 0. The van der Waals surface area contributed by atoms with Crippen molar-refractivity contribution in [3.05, 3.63) is 4.91 Å². The quantitative estimate of drug-likeness (QED) is 0.307. The molecule has 0 N–H and O–H groups in total. The maximum atomic E-state index is 9.95. The van der Waals surface area contributed by atoms with Crippen molar-refractivity contribution < 1.29 is 0 Å². The van der Waals surface area contributed by atoms with E-state index in [9.17, 15) is 4.91 Å². The molecular formula is C5H8ClNO. The molecule has 1 aliphatic rings. The number of nitroso groups, excluding NO2 is 1. The number of rotatable bonds is 1. The van der Waals surface area contributed by atoms with Crippen LogP contribution in [-0.2, 0) is 0 Å². The Morgan fingerprint density at radius 2 is 1.88 bits per heavy atom. The fraction of sp³-hybridized carbons (Fsp3) is 1.00. The Hall–Kier alpha value is -0.110. The van der Waals surface area contributed by atoms with E-state index in [1.807, 2.05) is 0 Å². The summed E-state index contributed by atoms with van der Waals surface area (Å²) in [7, 11) is 0. The molecule has 0 aliphatic heterocycles. The predicted octanol–water partition coefficient (Wildman–Crippen LogP) is 2.26. The lowest BCUT2D eigenvalue weighted by Crippen LogP contribution is -2.09. The fourth-order valence-corrected chi connectivity index (χ4v) is 1.28. The minimum absolute atomic E-state index is 0.722. The summed E-state index contributed by atoms with van der Waals surface area (Å²) in [6.45, 7) is 0. The van der Waals surface area contributed by atoms with Gasteiger partial charge in [-0.1, -0.05) is 11.6 Å². The second kappa shape index (κ2) is 2.02. The summed E-state index contributed by atoms with van der Waals surface area (Å²) in [5.74, 6) is 0. The summed E-state index contributed by atoms with van der Waals surface area (Å²) in [4.78, 5) is 9.22. The van der Waals surface area contributed by atoms with Crippen molar-refractivity contribution in [3.8, 4) is 0 Å². The zero-order valence-corrected chi connectivity index (χ0v) is 5.32. The van der Waals surface area contributed by atoms with E-state index >= 15 is 0 Å². The van der Waals surface area contributed by atoms with E-state index in [0.717, 1.165) is 25.7 Å². The van der Waals surface area contributed by atoms with Gasteiger partial charge in [0.05, 0.1) is 0 Å². The van der Waals surface area contributed by atoms with Gasteiger partial charge in [-0.05, 0) is 30.9 Å². The molecule has 0 heterocycles. The van der Waals surface area contributed by atoms with Crippen molar-refractivity contribution in [2.45, 2.75) is 30.7 Å². The first-order valence-electron chi connectivity index (χ1n) is 2.80. The van der Waals surface area contributed by atoms with Crippen LogP contribution in [0.15, 0.2) is 5.18 Å². The molecule has 8 heavy (non-hydrogen) atoms. The highest BCUT2D eigenvalue weighted by Crippen LogP contribution is 2.36. The number of halogens is 1. The normalized spacial score (nSPS) is 25.6. The van der Waals surface area contributed by atoms with E-state index in [1.54, 1.807) is 0 Å². The predicted molar refractivity (Wildman–Crippen MR) is 32.8 cm³/mol. The van der Waals surface area contributed by atoms with E-state index in [2.05, 4.69) is 5.18 Å². The van der Waals surface area contributed by atoms with E-state index in [-0.39, 0.29) is 0 Å². The average molecular weight is 134 g/mol. The Balaban J connectivity index is 2.52. The van der Waals surface area contributed by atoms with E-state index < -0.39 is 5.00 Å². The molecular weight excluding hydrogens is 126 g/mol. The molecule has 0 saturated heterocycles. The largest absolute Gasteiger partial charge is 0.175 e. The minimum atomic E-state index is -0.722. The Morgan fingerprint density at radius 3 is 2.12 bits per heavy atom. The van der Waals surface area contributed by atoms with Crippen LogP contribution in [0.25, 0.3) is 0 Å². The third-order valence-electron chi connectivity index (χ3n) is 1.53. The lowest BCUT2D eigenvalue weighted by molar-refractivity contribution is 0.622. The van der Waals surface area contributed by atoms with Crippen molar-refractivity contribution in [1.29, 1.82) is 0 Å². The van der Waals surface area contributed by atoms with Crippen LogP contribution in [0.3, 0.4) is 0 Å². The van der Waals surface area contributed by atoms with Crippen molar-refractivity contribution in [2.24, 2.45) is 5.18 Å². The van der Waals surface area contributed by atoms with Gasteiger partial charge in [-0.2, -0.15) is 0 Å². The monoisotopic (exact) mass is 133 g/mol. The van der Waals surface area contributed by atoms with Gasteiger partial charge in [0.1, 0.15) is 0 Å². The van der Waals surface area contributed by atoms with Gasteiger partial charge in [0.15, 0.2) is 5.00 Å². The van der Waals surface area contributed by atoms with Gasteiger partial charge in [-0.25, -0.2) is 0 Å². The van der Waals surface area contributed by atoms with Gasteiger partial charge < -0.3 is 0 Å². The molecule has 0 radical (unpaired) electrons. The molecule has 0 aromatic carbocycles. The van der Waals surface area contributed by atoms with Crippen molar-refractivity contribution in [1.82, 2.24) is 0 Å². The molecule has 0 bridgehead atoms. The standard InChI is InChI=1S/C5H8ClNO/c6-5(7-8)3-1-2-4-5/h1-4H2. The number of hydrogen-bond donors (Lipinski definition) is 0. The first-order valence-corrected chi connectivity index (χ1v) is 3.18. The van der Waals surface area contributed by atoms with Crippen LogP contribution in [0.2, 0.25) is 0 Å². The molecule has 3 heteroatoms. The van der Waals surface area contributed by atoms with Crippen molar-refractivity contribution >= 4 is 11.6 Å². The Bertz CT molecular complexity index is 98.6. The summed E-state index contributed by atoms with van der Waals surface area (Å²) in [5.41, 5.74) is 0. The van der Waals surface area contributed by atoms with Crippen molar-refractivity contribution in [2.75, 3.05) is 0 Å². The Kier molecular flexibility index (Phi) is 1.52. The number of hydrogen-bond acceptors (Lipinski definition) is 2. The van der Waals surface area contributed by atoms with E-state index in [4.69, 9.17) is 11.6 Å².